The Morgan fingerprint density at radius 3 is 2.60 bits per heavy atom. The number of nitrogens with zero attached hydrogens (tertiary/aromatic N) is 1. The summed E-state index contributed by atoms with van der Waals surface area (Å²) in [5.41, 5.74) is 5.90. The Hall–Kier alpha value is -2.28. The van der Waals surface area contributed by atoms with Crippen LogP contribution in [0.5, 0.6) is 5.75 Å². The number of carbonyl (C=O) groups excluding carboxylic acids is 1. The summed E-state index contributed by atoms with van der Waals surface area (Å²) in [5.74, 6) is 0.569. The molecule has 1 fully saturated rings. The van der Waals surface area contributed by atoms with Crippen LogP contribution in [0.1, 0.15) is 0 Å². The summed E-state index contributed by atoms with van der Waals surface area (Å²) >= 11 is 0. The predicted octanol–water partition coefficient (Wildman–Crippen LogP) is 0.865. The summed E-state index contributed by atoms with van der Waals surface area (Å²) in [5, 5.41) is 9.88. The third-order valence-corrected chi connectivity index (χ3v) is 2.80. The smallest absolute Gasteiger partial charge is 0.321 e. The minimum atomic E-state index is -0.134. The van der Waals surface area contributed by atoms with Crippen molar-refractivity contribution in [3.63, 3.8) is 0 Å². The van der Waals surface area contributed by atoms with Crippen LogP contribution in [0.3, 0.4) is 0 Å². The number of anilines is 1. The lowest BCUT2D eigenvalue weighted by atomic mass is 10.3. The fourth-order valence-electron chi connectivity index (χ4n) is 1.76. The Bertz CT molecular complexity index is 469. The van der Waals surface area contributed by atoms with Crippen molar-refractivity contribution in [1.29, 1.82) is 5.41 Å². The van der Waals surface area contributed by atoms with E-state index in [0.29, 0.717) is 37.7 Å². The van der Waals surface area contributed by atoms with E-state index in [-0.39, 0.29) is 18.5 Å². The second-order valence-electron chi connectivity index (χ2n) is 4.37. The van der Waals surface area contributed by atoms with Gasteiger partial charge in [0, 0.05) is 18.8 Å². The number of carbonyl (C=O) groups is 1. The highest BCUT2D eigenvalue weighted by Gasteiger charge is 2.16. The van der Waals surface area contributed by atoms with E-state index in [1.807, 2.05) is 0 Å². The highest BCUT2D eigenvalue weighted by molar-refractivity contribution is 5.89. The lowest BCUT2D eigenvalue weighted by molar-refractivity contribution is 0.0564. The maximum Gasteiger partial charge on any atom is 0.321 e. The Morgan fingerprint density at radius 1 is 1.35 bits per heavy atom. The van der Waals surface area contributed by atoms with E-state index in [2.05, 4.69) is 5.32 Å². The molecule has 0 atom stereocenters. The van der Waals surface area contributed by atoms with Crippen molar-refractivity contribution in [2.24, 2.45) is 5.73 Å². The number of urea groups is 1. The Kier molecular flexibility index (Phi) is 4.78. The van der Waals surface area contributed by atoms with E-state index in [1.54, 1.807) is 29.2 Å². The summed E-state index contributed by atoms with van der Waals surface area (Å²) in [6.07, 6.45) is 0. The summed E-state index contributed by atoms with van der Waals surface area (Å²) in [7, 11) is 0. The van der Waals surface area contributed by atoms with E-state index in [0.717, 1.165) is 0 Å². The molecule has 0 aliphatic carbocycles. The van der Waals surface area contributed by atoms with Gasteiger partial charge in [0.15, 0.2) is 0 Å². The molecule has 1 aliphatic heterocycles. The van der Waals surface area contributed by atoms with Crippen molar-refractivity contribution in [2.45, 2.75) is 0 Å². The van der Waals surface area contributed by atoms with Gasteiger partial charge in [-0.15, -0.1) is 0 Å². The molecule has 0 spiro atoms. The molecule has 7 heteroatoms. The van der Waals surface area contributed by atoms with Gasteiger partial charge in [-0.25, -0.2) is 4.79 Å². The number of rotatable bonds is 4. The van der Waals surface area contributed by atoms with E-state index in [4.69, 9.17) is 20.6 Å². The monoisotopic (exact) mass is 278 g/mol. The Labute approximate surface area is 117 Å². The first-order valence-corrected chi connectivity index (χ1v) is 6.34. The number of amides is 2. The van der Waals surface area contributed by atoms with Gasteiger partial charge in [-0.1, -0.05) is 0 Å². The average molecular weight is 278 g/mol. The fraction of sp³-hybridized carbons (Fsp3) is 0.385. The standard InChI is InChI=1S/C13H18N4O3/c14-12(15)9-20-11-3-1-10(2-4-11)16-13(18)17-5-7-19-8-6-17/h1-4H,5-9H2,(H3,14,15)(H,16,18). The predicted molar refractivity (Wildman–Crippen MR) is 75.3 cm³/mol. The van der Waals surface area contributed by atoms with E-state index < -0.39 is 0 Å². The number of benzene rings is 1. The van der Waals surface area contributed by atoms with Crippen molar-refractivity contribution in [3.05, 3.63) is 24.3 Å². The molecule has 1 saturated heterocycles. The number of nitrogens with one attached hydrogen (secondary N) is 2. The largest absolute Gasteiger partial charge is 0.486 e. The number of nitrogens with two attached hydrogens (primary N) is 1. The number of hydrogen-bond donors (Lipinski definition) is 3. The molecular weight excluding hydrogens is 260 g/mol. The molecule has 1 aliphatic rings. The van der Waals surface area contributed by atoms with E-state index in [9.17, 15) is 4.79 Å². The quantitative estimate of drug-likeness (QED) is 0.562. The van der Waals surface area contributed by atoms with Gasteiger partial charge in [-0.2, -0.15) is 0 Å². The van der Waals surface area contributed by atoms with Gasteiger partial charge in [0.05, 0.1) is 13.2 Å². The zero-order valence-corrected chi connectivity index (χ0v) is 11.1. The molecule has 0 unspecified atom stereocenters. The summed E-state index contributed by atoms with van der Waals surface area (Å²) < 4.78 is 10.5. The van der Waals surface area contributed by atoms with Crippen molar-refractivity contribution in [2.75, 3.05) is 38.2 Å². The summed E-state index contributed by atoms with van der Waals surface area (Å²) in [6.45, 7) is 2.41. The third kappa shape index (κ3) is 4.13. The van der Waals surface area contributed by atoms with Crippen molar-refractivity contribution in [1.82, 2.24) is 4.90 Å². The van der Waals surface area contributed by atoms with Crippen molar-refractivity contribution in [3.8, 4) is 5.75 Å². The van der Waals surface area contributed by atoms with Gasteiger partial charge in [-0.3, -0.25) is 5.41 Å². The highest BCUT2D eigenvalue weighted by Crippen LogP contribution is 2.16. The molecule has 7 nitrogen and oxygen atoms in total. The van der Waals surface area contributed by atoms with Gasteiger partial charge < -0.3 is 25.4 Å². The minimum Gasteiger partial charge on any atom is -0.486 e. The molecular formula is C13H18N4O3. The SMILES string of the molecule is N=C(N)COc1ccc(NC(=O)N2CCOCC2)cc1. The Morgan fingerprint density at radius 2 is 2.00 bits per heavy atom. The molecule has 20 heavy (non-hydrogen) atoms. The molecule has 0 bridgehead atoms. The summed E-state index contributed by atoms with van der Waals surface area (Å²) in [6, 6.07) is 6.79. The Balaban J connectivity index is 1.86. The molecule has 1 heterocycles. The van der Waals surface area contributed by atoms with Gasteiger partial charge in [0.2, 0.25) is 0 Å². The molecule has 0 radical (unpaired) electrons. The van der Waals surface area contributed by atoms with Crippen LogP contribution in [-0.2, 0) is 4.74 Å². The van der Waals surface area contributed by atoms with Crippen LogP contribution in [0, 0.1) is 5.41 Å². The van der Waals surface area contributed by atoms with E-state index >= 15 is 0 Å². The second-order valence-corrected chi connectivity index (χ2v) is 4.37. The highest BCUT2D eigenvalue weighted by atomic mass is 16.5. The van der Waals surface area contributed by atoms with Crippen LogP contribution in [0.25, 0.3) is 0 Å². The zero-order chi connectivity index (χ0) is 14.4. The van der Waals surface area contributed by atoms with Crippen LogP contribution in [0.15, 0.2) is 24.3 Å². The fourth-order valence-corrected chi connectivity index (χ4v) is 1.76. The second kappa shape index (κ2) is 6.76. The molecule has 108 valence electrons. The minimum absolute atomic E-state index is 0.0327. The number of hydrogen-bond acceptors (Lipinski definition) is 4. The summed E-state index contributed by atoms with van der Waals surface area (Å²) in [4.78, 5) is 13.7. The normalized spacial score (nSPS) is 14.7. The van der Waals surface area contributed by atoms with Crippen molar-refractivity contribution >= 4 is 17.6 Å². The molecule has 0 aromatic heterocycles. The topological polar surface area (TPSA) is 101 Å². The van der Waals surface area contributed by atoms with Crippen LogP contribution >= 0.6 is 0 Å². The van der Waals surface area contributed by atoms with Gasteiger partial charge in [0.1, 0.15) is 18.2 Å². The maximum atomic E-state index is 12.0. The van der Waals surface area contributed by atoms with Gasteiger partial charge in [-0.05, 0) is 24.3 Å². The molecule has 0 saturated carbocycles. The van der Waals surface area contributed by atoms with Gasteiger partial charge >= 0.3 is 6.03 Å². The lowest BCUT2D eigenvalue weighted by Crippen LogP contribution is -2.43. The maximum absolute atomic E-state index is 12.0. The average Bonchev–Trinajstić information content (AvgIpc) is 2.47. The zero-order valence-electron chi connectivity index (χ0n) is 11.1. The number of ether oxygens (including phenoxy) is 2. The molecule has 2 amide bonds. The molecule has 1 aromatic rings. The number of amidine groups is 1. The van der Waals surface area contributed by atoms with Crippen LogP contribution in [0.4, 0.5) is 10.5 Å². The third-order valence-electron chi connectivity index (χ3n) is 2.80. The first-order valence-electron chi connectivity index (χ1n) is 6.34. The molecule has 1 aromatic carbocycles. The first kappa shape index (κ1) is 14.1. The van der Waals surface area contributed by atoms with Gasteiger partial charge in [0.25, 0.3) is 0 Å². The van der Waals surface area contributed by atoms with E-state index in [1.165, 1.54) is 0 Å². The number of morpholine rings is 1. The molecule has 2 rings (SSSR count). The van der Waals surface area contributed by atoms with Crippen molar-refractivity contribution < 1.29 is 14.3 Å². The van der Waals surface area contributed by atoms with Crippen LogP contribution in [-0.4, -0.2) is 49.7 Å². The van der Waals surface area contributed by atoms with Crippen LogP contribution < -0.4 is 15.8 Å². The van der Waals surface area contributed by atoms with Crippen LogP contribution in [0.2, 0.25) is 0 Å². The first-order chi connectivity index (χ1) is 9.65. The lowest BCUT2D eigenvalue weighted by Gasteiger charge is -2.26. The molecule has 4 N–H and O–H groups in total.